The zero-order valence-corrected chi connectivity index (χ0v) is 14.7. The number of thiazole rings is 1. The van der Waals surface area contributed by atoms with Crippen molar-refractivity contribution in [1.29, 1.82) is 5.26 Å². The van der Waals surface area contributed by atoms with Gasteiger partial charge in [0, 0.05) is 42.0 Å². The predicted molar refractivity (Wildman–Crippen MR) is 97.6 cm³/mol. The minimum absolute atomic E-state index is 0.208. The molecule has 0 atom stereocenters. The van der Waals surface area contributed by atoms with Gasteiger partial charge in [-0.2, -0.15) is 5.26 Å². The van der Waals surface area contributed by atoms with Crippen LogP contribution in [0.1, 0.15) is 5.56 Å². The minimum Gasteiger partial charge on any atom is -0.367 e. The number of rotatable bonds is 2. The van der Waals surface area contributed by atoms with Gasteiger partial charge in [-0.15, -0.1) is 11.3 Å². The highest BCUT2D eigenvalue weighted by Crippen LogP contribution is 2.38. The number of hydrogen-bond acceptors (Lipinski definition) is 6. The van der Waals surface area contributed by atoms with Crippen molar-refractivity contribution in [3.63, 3.8) is 0 Å². The predicted octanol–water partition coefficient (Wildman–Crippen LogP) is 3.43. The third kappa shape index (κ3) is 2.82. The second kappa shape index (κ2) is 6.56. The van der Waals surface area contributed by atoms with E-state index >= 15 is 0 Å². The molecule has 1 aliphatic heterocycles. The average molecular weight is 374 g/mol. The lowest BCUT2D eigenvalue weighted by molar-refractivity contribution is 0.589. The summed E-state index contributed by atoms with van der Waals surface area (Å²) in [4.78, 5) is 10.8. The smallest absolute Gasteiger partial charge is 0.151 e. The maximum Gasteiger partial charge on any atom is 0.151 e. The van der Waals surface area contributed by atoms with E-state index in [1.165, 1.54) is 17.4 Å². The summed E-state index contributed by atoms with van der Waals surface area (Å²) in [6, 6.07) is 5.18. The van der Waals surface area contributed by atoms with Crippen LogP contribution >= 0.6 is 22.9 Å². The van der Waals surface area contributed by atoms with Crippen molar-refractivity contribution in [2.45, 2.75) is 0 Å². The molecule has 2 aromatic heterocycles. The lowest BCUT2D eigenvalue weighted by atomic mass is 10.0. The molecule has 0 unspecified atom stereocenters. The van der Waals surface area contributed by atoms with Gasteiger partial charge in [0.1, 0.15) is 28.5 Å². The molecule has 0 radical (unpaired) electrons. The number of anilines is 1. The Balaban J connectivity index is 2.09. The maximum absolute atomic E-state index is 14.6. The summed E-state index contributed by atoms with van der Waals surface area (Å²) >= 11 is 7.49. The number of nitriles is 1. The van der Waals surface area contributed by atoms with Gasteiger partial charge in [-0.1, -0.05) is 11.6 Å². The zero-order chi connectivity index (χ0) is 17.4. The first kappa shape index (κ1) is 16.2. The van der Waals surface area contributed by atoms with Crippen molar-refractivity contribution in [2.24, 2.45) is 0 Å². The highest BCUT2D eigenvalue weighted by atomic mass is 35.5. The first-order chi connectivity index (χ1) is 12.2. The summed E-state index contributed by atoms with van der Waals surface area (Å²) in [5.41, 5.74) is 3.95. The lowest BCUT2D eigenvalue weighted by Crippen LogP contribution is -2.44. The first-order valence-electron chi connectivity index (χ1n) is 7.76. The first-order valence-corrected chi connectivity index (χ1v) is 9.08. The molecule has 1 N–H and O–H groups in total. The van der Waals surface area contributed by atoms with Crippen LogP contribution in [-0.2, 0) is 0 Å². The second-order valence-electron chi connectivity index (χ2n) is 5.69. The van der Waals surface area contributed by atoms with Crippen molar-refractivity contribution in [1.82, 2.24) is 15.3 Å². The van der Waals surface area contributed by atoms with Crippen LogP contribution in [0, 0.1) is 17.1 Å². The fourth-order valence-corrected chi connectivity index (χ4v) is 3.85. The van der Waals surface area contributed by atoms with Crippen LogP contribution < -0.4 is 10.2 Å². The number of halogens is 2. The quantitative estimate of drug-likeness (QED) is 0.745. The molecule has 0 saturated carbocycles. The molecule has 0 aliphatic carbocycles. The van der Waals surface area contributed by atoms with E-state index in [-0.39, 0.29) is 10.5 Å². The maximum atomic E-state index is 14.6. The summed E-state index contributed by atoms with van der Waals surface area (Å²) < 4.78 is 14.6. The van der Waals surface area contributed by atoms with Crippen LogP contribution in [0.15, 0.2) is 23.0 Å². The molecule has 0 amide bonds. The van der Waals surface area contributed by atoms with Gasteiger partial charge in [0.25, 0.3) is 0 Å². The topological polar surface area (TPSA) is 64.8 Å². The summed E-state index contributed by atoms with van der Waals surface area (Å²) in [6.45, 7) is 3.03. The molecule has 1 saturated heterocycles. The SMILES string of the molecule is N#Cc1c(-c2cscn2)nc2c(F)cc(Cl)cc2c1N1CCNCC1. The summed E-state index contributed by atoms with van der Waals surface area (Å²) in [7, 11) is 0. The van der Waals surface area contributed by atoms with E-state index in [0.717, 1.165) is 26.2 Å². The van der Waals surface area contributed by atoms with Gasteiger partial charge in [0.2, 0.25) is 0 Å². The van der Waals surface area contributed by atoms with E-state index in [9.17, 15) is 9.65 Å². The zero-order valence-electron chi connectivity index (χ0n) is 13.1. The normalized spacial score (nSPS) is 14.7. The number of nitrogens with zero attached hydrogens (tertiary/aromatic N) is 4. The largest absolute Gasteiger partial charge is 0.367 e. The Morgan fingerprint density at radius 1 is 1.32 bits per heavy atom. The molecule has 1 aliphatic rings. The number of aromatic nitrogens is 2. The number of hydrogen-bond donors (Lipinski definition) is 1. The van der Waals surface area contributed by atoms with Crippen molar-refractivity contribution < 1.29 is 4.39 Å². The molecule has 4 rings (SSSR count). The van der Waals surface area contributed by atoms with Gasteiger partial charge >= 0.3 is 0 Å². The third-order valence-electron chi connectivity index (χ3n) is 4.20. The summed E-state index contributed by atoms with van der Waals surface area (Å²) in [5, 5.41) is 15.8. The van der Waals surface area contributed by atoms with Crippen molar-refractivity contribution in [2.75, 3.05) is 31.1 Å². The van der Waals surface area contributed by atoms with Gasteiger partial charge < -0.3 is 10.2 Å². The van der Waals surface area contributed by atoms with Crippen molar-refractivity contribution in [3.8, 4) is 17.5 Å². The van der Waals surface area contributed by atoms with Crippen LogP contribution in [-0.4, -0.2) is 36.1 Å². The van der Waals surface area contributed by atoms with E-state index in [2.05, 4.69) is 26.3 Å². The minimum atomic E-state index is -0.500. The van der Waals surface area contributed by atoms with Crippen molar-refractivity contribution in [3.05, 3.63) is 39.4 Å². The number of piperazine rings is 1. The standard InChI is InChI=1S/C17H13ClFN5S/c18-10-5-11-15(13(19)6-10)23-16(14-8-25-9-22-14)12(7-20)17(11)24-3-1-21-2-4-24/h5-6,8-9,21H,1-4H2. The Kier molecular flexibility index (Phi) is 4.25. The highest BCUT2D eigenvalue weighted by Gasteiger charge is 2.24. The number of fused-ring (bicyclic) bond motifs is 1. The average Bonchev–Trinajstić information content (AvgIpc) is 3.15. The summed E-state index contributed by atoms with van der Waals surface area (Å²) in [5.74, 6) is -0.500. The molecule has 1 aromatic carbocycles. The van der Waals surface area contributed by atoms with Gasteiger partial charge in [-0.05, 0) is 12.1 Å². The Hall–Kier alpha value is -2.27. The monoisotopic (exact) mass is 373 g/mol. The molecule has 8 heteroatoms. The van der Waals surface area contributed by atoms with Crippen LogP contribution in [0.5, 0.6) is 0 Å². The van der Waals surface area contributed by atoms with Crippen LogP contribution in [0.4, 0.5) is 10.1 Å². The Bertz CT molecular complexity index is 977. The van der Waals surface area contributed by atoms with E-state index in [4.69, 9.17) is 11.6 Å². The molecule has 3 aromatic rings. The van der Waals surface area contributed by atoms with Gasteiger partial charge in [-0.3, -0.25) is 0 Å². The number of pyridine rings is 1. The van der Waals surface area contributed by atoms with E-state index in [1.807, 2.05) is 5.38 Å². The molecular formula is C17H13ClFN5S. The molecule has 3 heterocycles. The molecular weight excluding hydrogens is 361 g/mol. The van der Waals surface area contributed by atoms with Crippen LogP contribution in [0.2, 0.25) is 5.02 Å². The van der Waals surface area contributed by atoms with Gasteiger partial charge in [0.05, 0.1) is 11.2 Å². The van der Waals surface area contributed by atoms with E-state index < -0.39 is 5.82 Å². The molecule has 5 nitrogen and oxygen atoms in total. The fourth-order valence-electron chi connectivity index (χ4n) is 3.11. The van der Waals surface area contributed by atoms with Crippen LogP contribution in [0.3, 0.4) is 0 Å². The molecule has 1 fully saturated rings. The van der Waals surface area contributed by atoms with E-state index in [1.54, 1.807) is 11.6 Å². The Morgan fingerprint density at radius 2 is 2.12 bits per heavy atom. The Morgan fingerprint density at radius 3 is 2.80 bits per heavy atom. The highest BCUT2D eigenvalue weighted by molar-refractivity contribution is 7.07. The van der Waals surface area contributed by atoms with Crippen LogP contribution in [0.25, 0.3) is 22.3 Å². The fraction of sp³-hybridized carbons (Fsp3) is 0.235. The number of nitrogens with one attached hydrogen (secondary N) is 1. The van der Waals surface area contributed by atoms with Crippen molar-refractivity contribution >= 4 is 39.5 Å². The van der Waals surface area contributed by atoms with Gasteiger partial charge in [0.15, 0.2) is 5.82 Å². The Labute approximate surface area is 152 Å². The summed E-state index contributed by atoms with van der Waals surface area (Å²) in [6.07, 6.45) is 0. The molecule has 0 spiro atoms. The second-order valence-corrected chi connectivity index (χ2v) is 6.85. The lowest BCUT2D eigenvalue weighted by Gasteiger charge is -2.31. The van der Waals surface area contributed by atoms with E-state index in [0.29, 0.717) is 28.0 Å². The third-order valence-corrected chi connectivity index (χ3v) is 5.01. The number of benzene rings is 1. The molecule has 0 bridgehead atoms. The van der Waals surface area contributed by atoms with Gasteiger partial charge in [-0.25, -0.2) is 14.4 Å². The molecule has 126 valence electrons. The molecule has 25 heavy (non-hydrogen) atoms.